The second kappa shape index (κ2) is 8.97. The molecule has 0 bridgehead atoms. The Balaban J connectivity index is 2.59. The molecule has 1 aliphatic rings. The molecule has 5 heteroatoms. The third-order valence-corrected chi connectivity index (χ3v) is 5.45. The molecule has 1 rings (SSSR count). The summed E-state index contributed by atoms with van der Waals surface area (Å²) in [6.45, 7) is 10.8. The van der Waals surface area contributed by atoms with Gasteiger partial charge >= 0.3 is 0 Å². The van der Waals surface area contributed by atoms with Gasteiger partial charge in [0, 0.05) is 35.9 Å². The summed E-state index contributed by atoms with van der Waals surface area (Å²) < 4.78 is 0. The minimum atomic E-state index is 0.597. The second-order valence-electron chi connectivity index (χ2n) is 4.59. The SMILES string of the molecule is CCNC(=NCC(C)SC)N1CCSC(CC)C1. The highest BCUT2D eigenvalue weighted by Crippen LogP contribution is 2.21. The van der Waals surface area contributed by atoms with E-state index in [9.17, 15) is 0 Å². The average molecular weight is 290 g/mol. The number of hydrogen-bond donors (Lipinski definition) is 1. The summed E-state index contributed by atoms with van der Waals surface area (Å²) >= 11 is 3.98. The number of nitrogens with zero attached hydrogens (tertiary/aromatic N) is 2. The van der Waals surface area contributed by atoms with Crippen LogP contribution in [0, 0.1) is 0 Å². The molecule has 0 aromatic heterocycles. The monoisotopic (exact) mass is 289 g/mol. The smallest absolute Gasteiger partial charge is 0.194 e. The van der Waals surface area contributed by atoms with Gasteiger partial charge in [-0.05, 0) is 19.6 Å². The lowest BCUT2D eigenvalue weighted by atomic mass is 10.3. The fourth-order valence-electron chi connectivity index (χ4n) is 1.87. The van der Waals surface area contributed by atoms with E-state index >= 15 is 0 Å². The highest BCUT2D eigenvalue weighted by molar-refractivity contribution is 8.00. The Hall–Kier alpha value is -0.0300. The third-order valence-electron chi connectivity index (χ3n) is 3.13. The molecule has 1 aliphatic heterocycles. The van der Waals surface area contributed by atoms with E-state index < -0.39 is 0 Å². The maximum atomic E-state index is 4.78. The predicted octanol–water partition coefficient (Wildman–Crippen LogP) is 2.53. The van der Waals surface area contributed by atoms with Crippen LogP contribution in [0.5, 0.6) is 0 Å². The Morgan fingerprint density at radius 1 is 1.56 bits per heavy atom. The van der Waals surface area contributed by atoms with Crippen molar-refractivity contribution in [1.29, 1.82) is 0 Å². The highest BCUT2D eigenvalue weighted by Gasteiger charge is 2.21. The van der Waals surface area contributed by atoms with Gasteiger partial charge in [0.2, 0.25) is 0 Å². The first-order valence-electron chi connectivity index (χ1n) is 6.88. The molecular formula is C13H27N3S2. The van der Waals surface area contributed by atoms with Crippen LogP contribution in [0.4, 0.5) is 0 Å². The molecule has 1 fully saturated rings. The average Bonchev–Trinajstić information content (AvgIpc) is 2.43. The molecule has 0 amide bonds. The molecule has 18 heavy (non-hydrogen) atoms. The van der Waals surface area contributed by atoms with Crippen LogP contribution in [0.3, 0.4) is 0 Å². The van der Waals surface area contributed by atoms with Gasteiger partial charge in [0.25, 0.3) is 0 Å². The van der Waals surface area contributed by atoms with E-state index in [1.165, 1.54) is 12.2 Å². The molecule has 1 N–H and O–H groups in total. The zero-order valence-corrected chi connectivity index (χ0v) is 13.7. The minimum absolute atomic E-state index is 0.597. The summed E-state index contributed by atoms with van der Waals surface area (Å²) in [6.07, 6.45) is 3.40. The van der Waals surface area contributed by atoms with E-state index in [4.69, 9.17) is 4.99 Å². The molecule has 1 heterocycles. The summed E-state index contributed by atoms with van der Waals surface area (Å²) in [4.78, 5) is 7.21. The summed E-state index contributed by atoms with van der Waals surface area (Å²) in [7, 11) is 0. The van der Waals surface area contributed by atoms with Gasteiger partial charge in [0.15, 0.2) is 5.96 Å². The Kier molecular flexibility index (Phi) is 7.98. The van der Waals surface area contributed by atoms with Crippen molar-refractivity contribution in [3.05, 3.63) is 0 Å². The first-order valence-corrected chi connectivity index (χ1v) is 9.22. The fourth-order valence-corrected chi connectivity index (χ4v) is 3.28. The quantitative estimate of drug-likeness (QED) is 0.622. The third kappa shape index (κ3) is 5.31. The summed E-state index contributed by atoms with van der Waals surface area (Å²) in [5.74, 6) is 2.33. The predicted molar refractivity (Wildman–Crippen MR) is 87.1 cm³/mol. The maximum Gasteiger partial charge on any atom is 0.194 e. The zero-order chi connectivity index (χ0) is 13.4. The van der Waals surface area contributed by atoms with E-state index in [-0.39, 0.29) is 0 Å². The van der Waals surface area contributed by atoms with Crippen molar-refractivity contribution < 1.29 is 0 Å². The molecule has 0 aromatic carbocycles. The standard InChI is InChI=1S/C13H27N3S2/c1-5-12-10-16(7-8-18-12)13(14-6-2)15-9-11(3)17-4/h11-12H,5-10H2,1-4H3,(H,14,15). The van der Waals surface area contributed by atoms with Crippen LogP contribution in [0.1, 0.15) is 27.2 Å². The van der Waals surface area contributed by atoms with Gasteiger partial charge in [-0.25, -0.2) is 0 Å². The van der Waals surface area contributed by atoms with Crippen LogP contribution in [-0.4, -0.2) is 59.5 Å². The Labute approximate surface area is 121 Å². The van der Waals surface area contributed by atoms with Crippen molar-refractivity contribution in [3.8, 4) is 0 Å². The molecule has 3 nitrogen and oxygen atoms in total. The molecule has 106 valence electrons. The van der Waals surface area contributed by atoms with Crippen molar-refractivity contribution >= 4 is 29.5 Å². The van der Waals surface area contributed by atoms with Crippen LogP contribution >= 0.6 is 23.5 Å². The lowest BCUT2D eigenvalue weighted by Gasteiger charge is -2.34. The molecule has 0 aromatic rings. The van der Waals surface area contributed by atoms with Gasteiger partial charge in [-0.3, -0.25) is 4.99 Å². The number of guanidine groups is 1. The lowest BCUT2D eigenvalue weighted by molar-refractivity contribution is 0.408. The van der Waals surface area contributed by atoms with Crippen LogP contribution in [0.2, 0.25) is 0 Å². The zero-order valence-electron chi connectivity index (χ0n) is 12.1. The number of aliphatic imine (C=N–C) groups is 1. The molecular weight excluding hydrogens is 262 g/mol. The van der Waals surface area contributed by atoms with E-state index in [1.807, 2.05) is 11.8 Å². The Morgan fingerprint density at radius 2 is 2.33 bits per heavy atom. The van der Waals surface area contributed by atoms with Crippen LogP contribution < -0.4 is 5.32 Å². The van der Waals surface area contributed by atoms with E-state index in [2.05, 4.69) is 49.0 Å². The number of nitrogens with one attached hydrogen (secondary N) is 1. The van der Waals surface area contributed by atoms with Crippen LogP contribution in [0.15, 0.2) is 4.99 Å². The van der Waals surface area contributed by atoms with Crippen molar-refractivity contribution in [2.45, 2.75) is 37.7 Å². The van der Waals surface area contributed by atoms with Gasteiger partial charge < -0.3 is 10.2 Å². The Bertz CT molecular complexity index is 259. The highest BCUT2D eigenvalue weighted by atomic mass is 32.2. The summed E-state index contributed by atoms with van der Waals surface area (Å²) in [5, 5.41) is 4.80. The van der Waals surface area contributed by atoms with Gasteiger partial charge in [0.05, 0.1) is 6.54 Å². The van der Waals surface area contributed by atoms with E-state index in [1.54, 1.807) is 0 Å². The van der Waals surface area contributed by atoms with Crippen molar-refractivity contribution in [2.24, 2.45) is 4.99 Å². The Morgan fingerprint density at radius 3 is 2.94 bits per heavy atom. The van der Waals surface area contributed by atoms with Gasteiger partial charge in [-0.2, -0.15) is 23.5 Å². The van der Waals surface area contributed by atoms with Crippen LogP contribution in [-0.2, 0) is 0 Å². The largest absolute Gasteiger partial charge is 0.357 e. The molecule has 1 saturated heterocycles. The molecule has 0 radical (unpaired) electrons. The molecule has 0 saturated carbocycles. The fraction of sp³-hybridized carbons (Fsp3) is 0.923. The van der Waals surface area contributed by atoms with E-state index in [0.717, 1.165) is 37.4 Å². The van der Waals surface area contributed by atoms with Gasteiger partial charge in [0.1, 0.15) is 0 Å². The second-order valence-corrected chi connectivity index (χ2v) is 7.27. The molecule has 0 spiro atoms. The molecule has 0 aliphatic carbocycles. The maximum absolute atomic E-state index is 4.78. The molecule has 2 atom stereocenters. The summed E-state index contributed by atoms with van der Waals surface area (Å²) in [5.41, 5.74) is 0. The van der Waals surface area contributed by atoms with Crippen molar-refractivity contribution in [1.82, 2.24) is 10.2 Å². The minimum Gasteiger partial charge on any atom is -0.357 e. The first-order chi connectivity index (χ1) is 8.71. The van der Waals surface area contributed by atoms with E-state index in [0.29, 0.717) is 5.25 Å². The normalized spacial score (nSPS) is 23.0. The summed E-state index contributed by atoms with van der Waals surface area (Å²) in [6, 6.07) is 0. The van der Waals surface area contributed by atoms with Gasteiger partial charge in [-0.1, -0.05) is 13.8 Å². The number of rotatable bonds is 5. The van der Waals surface area contributed by atoms with Crippen molar-refractivity contribution in [3.63, 3.8) is 0 Å². The number of thioether (sulfide) groups is 2. The number of hydrogen-bond acceptors (Lipinski definition) is 3. The van der Waals surface area contributed by atoms with Crippen LogP contribution in [0.25, 0.3) is 0 Å². The van der Waals surface area contributed by atoms with Gasteiger partial charge in [-0.15, -0.1) is 0 Å². The first kappa shape index (κ1) is 16.0. The topological polar surface area (TPSA) is 27.6 Å². The lowest BCUT2D eigenvalue weighted by Crippen LogP contribution is -2.48. The van der Waals surface area contributed by atoms with Crippen molar-refractivity contribution in [2.75, 3.05) is 38.2 Å². The molecule has 2 unspecified atom stereocenters.